The van der Waals surface area contributed by atoms with Gasteiger partial charge in [-0.1, -0.05) is 11.6 Å². The average Bonchev–Trinajstić information content (AvgIpc) is 2.77. The number of amides is 1. The number of carbonyl (C=O) groups excluding carboxylic acids is 1. The van der Waals surface area contributed by atoms with E-state index in [4.69, 9.17) is 11.6 Å². The van der Waals surface area contributed by atoms with Gasteiger partial charge in [0.2, 0.25) is 0 Å². The van der Waals surface area contributed by atoms with Crippen LogP contribution in [0, 0.1) is 11.2 Å². The zero-order valence-electron chi connectivity index (χ0n) is 16.7. The number of carbonyl (C=O) groups is 1. The van der Waals surface area contributed by atoms with Crippen molar-refractivity contribution in [2.45, 2.75) is 50.5 Å². The summed E-state index contributed by atoms with van der Waals surface area (Å²) in [5, 5.41) is 4.83. The lowest BCUT2D eigenvalue weighted by Crippen LogP contribution is -2.56. The van der Waals surface area contributed by atoms with Gasteiger partial charge in [-0.3, -0.25) is 9.78 Å². The SMILES string of the molecule is O=C(N[C@@H]1CCC12CCC(c1ccnc3ccc(F)cc13)CC2)c1ccc(Cl)cc1. The molecule has 1 heterocycles. The Morgan fingerprint density at radius 3 is 2.47 bits per heavy atom. The van der Waals surface area contributed by atoms with Crippen LogP contribution in [-0.2, 0) is 0 Å². The predicted molar refractivity (Wildman–Crippen MR) is 117 cm³/mol. The Kier molecular flexibility index (Phi) is 4.98. The van der Waals surface area contributed by atoms with Crippen molar-refractivity contribution in [1.29, 1.82) is 0 Å². The van der Waals surface area contributed by atoms with Gasteiger partial charge in [0.05, 0.1) is 5.52 Å². The van der Waals surface area contributed by atoms with Crippen molar-refractivity contribution in [3.63, 3.8) is 0 Å². The fourth-order valence-corrected chi connectivity index (χ4v) is 5.49. The van der Waals surface area contributed by atoms with Gasteiger partial charge in [0, 0.05) is 28.2 Å². The van der Waals surface area contributed by atoms with Gasteiger partial charge in [0.1, 0.15) is 5.82 Å². The lowest BCUT2D eigenvalue weighted by Gasteiger charge is -2.53. The maximum Gasteiger partial charge on any atom is 0.251 e. The van der Waals surface area contributed by atoms with Crippen molar-refractivity contribution in [3.05, 3.63) is 76.7 Å². The molecule has 1 N–H and O–H groups in total. The Hall–Kier alpha value is -2.46. The molecule has 1 spiro atoms. The number of rotatable bonds is 3. The van der Waals surface area contributed by atoms with Gasteiger partial charge < -0.3 is 5.32 Å². The van der Waals surface area contributed by atoms with E-state index in [-0.39, 0.29) is 23.2 Å². The molecule has 1 aromatic heterocycles. The van der Waals surface area contributed by atoms with Crippen molar-refractivity contribution in [1.82, 2.24) is 10.3 Å². The minimum absolute atomic E-state index is 0.0199. The summed E-state index contributed by atoms with van der Waals surface area (Å²) in [6, 6.07) is 14.2. The second-order valence-corrected chi connectivity index (χ2v) is 9.21. The number of fused-ring (bicyclic) bond motifs is 1. The highest BCUT2D eigenvalue weighted by Crippen LogP contribution is 2.55. The van der Waals surface area contributed by atoms with Crippen molar-refractivity contribution in [3.8, 4) is 0 Å². The summed E-state index contributed by atoms with van der Waals surface area (Å²) >= 11 is 5.93. The number of nitrogens with zero attached hydrogens (tertiary/aromatic N) is 1. The van der Waals surface area contributed by atoms with E-state index in [1.807, 2.05) is 12.3 Å². The number of halogens is 2. The molecule has 30 heavy (non-hydrogen) atoms. The fourth-order valence-electron chi connectivity index (χ4n) is 5.36. The summed E-state index contributed by atoms with van der Waals surface area (Å²) < 4.78 is 13.8. The monoisotopic (exact) mass is 422 g/mol. The molecule has 0 bridgehead atoms. The third-order valence-electron chi connectivity index (χ3n) is 7.24. The van der Waals surface area contributed by atoms with Crippen LogP contribution in [0.15, 0.2) is 54.7 Å². The summed E-state index contributed by atoms with van der Waals surface area (Å²) in [6.07, 6.45) is 8.32. The van der Waals surface area contributed by atoms with Gasteiger partial charge in [0.15, 0.2) is 0 Å². The third-order valence-corrected chi connectivity index (χ3v) is 7.49. The Labute approximate surface area is 180 Å². The first-order chi connectivity index (χ1) is 14.5. The first-order valence-corrected chi connectivity index (χ1v) is 11.0. The van der Waals surface area contributed by atoms with Crippen LogP contribution in [0.1, 0.15) is 60.4 Å². The number of aromatic nitrogens is 1. The van der Waals surface area contributed by atoms with Crippen LogP contribution in [0.25, 0.3) is 10.9 Å². The van der Waals surface area contributed by atoms with Crippen molar-refractivity contribution < 1.29 is 9.18 Å². The van der Waals surface area contributed by atoms with E-state index in [2.05, 4.69) is 10.3 Å². The molecule has 1 amide bonds. The molecule has 2 saturated carbocycles. The van der Waals surface area contributed by atoms with Crippen molar-refractivity contribution in [2.24, 2.45) is 5.41 Å². The summed E-state index contributed by atoms with van der Waals surface area (Å²) in [5.41, 5.74) is 2.91. The molecule has 154 valence electrons. The highest BCUT2D eigenvalue weighted by Gasteiger charge is 2.49. The summed E-state index contributed by atoms with van der Waals surface area (Å²) in [6.45, 7) is 0. The standard InChI is InChI=1S/C25H24ClFN2O/c26-18-3-1-17(2-4-18)24(30)29-23-9-13-25(23)11-7-16(8-12-25)20-10-14-28-22-6-5-19(27)15-21(20)22/h1-6,10,14-16,23H,7-9,11-13H2,(H,29,30)/t16?,23-,25?/m1/s1. The van der Waals surface area contributed by atoms with Crippen molar-refractivity contribution in [2.75, 3.05) is 0 Å². The van der Waals surface area contributed by atoms with Crippen molar-refractivity contribution >= 4 is 28.4 Å². The van der Waals surface area contributed by atoms with Crippen LogP contribution in [0.2, 0.25) is 5.02 Å². The highest BCUT2D eigenvalue weighted by molar-refractivity contribution is 6.30. The molecule has 2 aliphatic carbocycles. The Bertz CT molecular complexity index is 1090. The first kappa shape index (κ1) is 19.5. The van der Waals surface area contributed by atoms with Crippen LogP contribution >= 0.6 is 11.6 Å². The zero-order chi connectivity index (χ0) is 20.7. The fraction of sp³-hybridized carbons (Fsp3) is 0.360. The number of nitrogens with one attached hydrogen (secondary N) is 1. The number of pyridine rings is 1. The molecular weight excluding hydrogens is 399 g/mol. The molecule has 0 radical (unpaired) electrons. The number of hydrogen-bond acceptors (Lipinski definition) is 2. The predicted octanol–water partition coefficient (Wildman–Crippen LogP) is 6.26. The highest BCUT2D eigenvalue weighted by atomic mass is 35.5. The van der Waals surface area contributed by atoms with Crippen LogP contribution in [0.5, 0.6) is 0 Å². The van der Waals surface area contributed by atoms with Gasteiger partial charge in [-0.05, 0) is 104 Å². The number of benzene rings is 2. The van der Waals surface area contributed by atoms with Gasteiger partial charge in [-0.25, -0.2) is 4.39 Å². The summed E-state index contributed by atoms with van der Waals surface area (Å²) in [5.74, 6) is 0.178. The van der Waals surface area contributed by atoms with Gasteiger partial charge >= 0.3 is 0 Å². The van der Waals surface area contributed by atoms with E-state index in [9.17, 15) is 9.18 Å². The van der Waals surface area contributed by atoms with Crippen LogP contribution in [0.4, 0.5) is 4.39 Å². The first-order valence-electron chi connectivity index (χ1n) is 10.6. The van der Waals surface area contributed by atoms with Gasteiger partial charge in [-0.2, -0.15) is 0 Å². The lowest BCUT2D eigenvalue weighted by atomic mass is 9.55. The van der Waals surface area contributed by atoms with Crippen LogP contribution < -0.4 is 5.32 Å². The Morgan fingerprint density at radius 2 is 1.77 bits per heavy atom. The van der Waals surface area contributed by atoms with E-state index in [1.54, 1.807) is 36.4 Å². The molecular formula is C25H24ClFN2O. The van der Waals surface area contributed by atoms with E-state index < -0.39 is 0 Å². The molecule has 0 saturated heterocycles. The van der Waals surface area contributed by atoms with Gasteiger partial charge in [0.25, 0.3) is 5.91 Å². The minimum Gasteiger partial charge on any atom is -0.349 e. The maximum absolute atomic E-state index is 13.8. The topological polar surface area (TPSA) is 42.0 Å². The summed E-state index contributed by atoms with van der Waals surface area (Å²) in [4.78, 5) is 17.0. The quantitative estimate of drug-likeness (QED) is 0.541. The molecule has 2 aliphatic rings. The van der Waals surface area contributed by atoms with Crippen LogP contribution in [0.3, 0.4) is 0 Å². The average molecular weight is 423 g/mol. The molecule has 0 aliphatic heterocycles. The van der Waals surface area contributed by atoms with E-state index in [0.29, 0.717) is 16.5 Å². The second-order valence-electron chi connectivity index (χ2n) is 8.77. The molecule has 2 aromatic carbocycles. The largest absolute Gasteiger partial charge is 0.349 e. The normalized spacial score (nSPS) is 25.8. The van der Waals surface area contributed by atoms with Gasteiger partial charge in [-0.15, -0.1) is 0 Å². The zero-order valence-corrected chi connectivity index (χ0v) is 17.5. The minimum atomic E-state index is -0.215. The summed E-state index contributed by atoms with van der Waals surface area (Å²) in [7, 11) is 0. The molecule has 3 aromatic rings. The number of hydrogen-bond donors (Lipinski definition) is 1. The smallest absolute Gasteiger partial charge is 0.251 e. The van der Waals surface area contributed by atoms with E-state index >= 15 is 0 Å². The van der Waals surface area contributed by atoms with Crippen LogP contribution in [-0.4, -0.2) is 16.9 Å². The third kappa shape index (κ3) is 3.47. The molecule has 0 unspecified atom stereocenters. The Balaban J connectivity index is 1.28. The van der Waals surface area contributed by atoms with E-state index in [1.165, 1.54) is 11.6 Å². The molecule has 2 fully saturated rings. The molecule has 5 rings (SSSR count). The molecule has 5 heteroatoms. The molecule has 3 nitrogen and oxygen atoms in total. The van der Waals surface area contributed by atoms with E-state index in [0.717, 1.165) is 49.4 Å². The Morgan fingerprint density at radius 1 is 1.03 bits per heavy atom. The maximum atomic E-state index is 13.8. The molecule has 1 atom stereocenters. The lowest BCUT2D eigenvalue weighted by molar-refractivity contribution is 0.0173. The second kappa shape index (κ2) is 7.66.